The number of methoxy groups -OCH3 is 1. The Kier molecular flexibility index (Phi) is 14.6. The van der Waals surface area contributed by atoms with Gasteiger partial charge in [-0.05, 0) is 93.3 Å². The summed E-state index contributed by atoms with van der Waals surface area (Å²) < 4.78 is 14.3. The molecule has 2 amide bonds. The molecule has 2 aromatic carbocycles. The number of nitrogens with zero attached hydrogens (tertiary/aromatic N) is 7. The number of amides is 2. The van der Waals surface area contributed by atoms with Gasteiger partial charge < -0.3 is 35.2 Å². The molecule has 0 saturated carbocycles. The number of benzene rings is 2. The van der Waals surface area contributed by atoms with Gasteiger partial charge in [-0.3, -0.25) is 14.2 Å². The molecule has 6 rings (SSSR count). The first-order valence-corrected chi connectivity index (χ1v) is 21.4. The van der Waals surface area contributed by atoms with E-state index in [0.717, 1.165) is 79.6 Å². The van der Waals surface area contributed by atoms with Gasteiger partial charge >= 0.3 is 0 Å². The van der Waals surface area contributed by atoms with Crippen molar-refractivity contribution in [2.24, 2.45) is 5.41 Å². The molecule has 1 saturated heterocycles. The van der Waals surface area contributed by atoms with E-state index in [0.29, 0.717) is 47.6 Å². The third-order valence-electron chi connectivity index (χ3n) is 11.3. The van der Waals surface area contributed by atoms with Crippen LogP contribution in [0.2, 0.25) is 0 Å². The minimum Gasteiger partial charge on any atom is -0.495 e. The molecule has 0 spiro atoms. The molecule has 14 nitrogen and oxygen atoms in total. The average Bonchev–Trinajstić information content (AvgIpc) is 3.66. The van der Waals surface area contributed by atoms with E-state index in [1.807, 2.05) is 29.7 Å². The number of rotatable bonds is 17. The topological polar surface area (TPSA) is 163 Å². The van der Waals surface area contributed by atoms with Crippen molar-refractivity contribution in [2.45, 2.75) is 97.8 Å². The molecular formula is C44H57BrN10O4. The van der Waals surface area contributed by atoms with E-state index in [-0.39, 0.29) is 42.0 Å². The van der Waals surface area contributed by atoms with E-state index in [1.54, 1.807) is 31.8 Å². The van der Waals surface area contributed by atoms with Crippen molar-refractivity contribution in [1.29, 1.82) is 5.26 Å². The summed E-state index contributed by atoms with van der Waals surface area (Å²) >= 11 is 3.53. The highest BCUT2D eigenvalue weighted by molar-refractivity contribution is 9.10. The van der Waals surface area contributed by atoms with Crippen molar-refractivity contribution in [1.82, 2.24) is 35.1 Å². The molecule has 2 aromatic heterocycles. The van der Waals surface area contributed by atoms with Gasteiger partial charge in [0.05, 0.1) is 30.7 Å². The summed E-state index contributed by atoms with van der Waals surface area (Å²) in [7, 11) is 1.58. The van der Waals surface area contributed by atoms with Crippen LogP contribution in [0.1, 0.15) is 106 Å². The summed E-state index contributed by atoms with van der Waals surface area (Å²) in [5.74, 6) is 1.37. The predicted octanol–water partition coefficient (Wildman–Crippen LogP) is 7.45. The summed E-state index contributed by atoms with van der Waals surface area (Å²) in [5, 5.41) is 19.5. The summed E-state index contributed by atoms with van der Waals surface area (Å²) in [5.41, 5.74) is 4.19. The molecule has 59 heavy (non-hydrogen) atoms. The van der Waals surface area contributed by atoms with Gasteiger partial charge in [0.15, 0.2) is 11.5 Å². The molecule has 2 aliphatic rings. The van der Waals surface area contributed by atoms with Gasteiger partial charge in [0, 0.05) is 48.4 Å². The number of imidazole rings is 1. The van der Waals surface area contributed by atoms with Crippen LogP contribution in [0, 0.1) is 16.7 Å². The number of nitriles is 1. The van der Waals surface area contributed by atoms with Crippen LogP contribution in [0.5, 0.6) is 5.75 Å². The highest BCUT2D eigenvalue weighted by Crippen LogP contribution is 2.42. The molecule has 3 N–H and O–H groups in total. The lowest BCUT2D eigenvalue weighted by Gasteiger charge is -2.38. The summed E-state index contributed by atoms with van der Waals surface area (Å²) in [6.45, 7) is 14.6. The van der Waals surface area contributed by atoms with E-state index in [2.05, 4.69) is 97.5 Å². The number of likely N-dealkylation sites (tertiary alicyclic amines) is 1. The number of halogens is 1. The number of aromatic nitrogens is 4. The Morgan fingerprint density at radius 2 is 1.83 bits per heavy atom. The molecule has 0 radical (unpaired) electrons. The lowest BCUT2D eigenvalue weighted by Crippen LogP contribution is -2.44. The number of unbranched alkanes of at least 4 members (excludes halogenated alkanes) is 2. The number of carbonyl (C=O) groups is 2. The molecule has 2 atom stereocenters. The largest absolute Gasteiger partial charge is 0.495 e. The lowest BCUT2D eigenvalue weighted by atomic mass is 9.88. The zero-order valence-electron chi connectivity index (χ0n) is 35.1. The van der Waals surface area contributed by atoms with Crippen molar-refractivity contribution >= 4 is 45.2 Å². The number of hydrogen-bond acceptors (Lipinski definition) is 11. The second-order valence-corrected chi connectivity index (χ2v) is 17.4. The molecule has 2 aliphatic heterocycles. The molecule has 4 aromatic rings. The monoisotopic (exact) mass is 868 g/mol. The fourth-order valence-electron chi connectivity index (χ4n) is 7.45. The average molecular weight is 870 g/mol. The van der Waals surface area contributed by atoms with E-state index in [1.165, 1.54) is 0 Å². The number of nitrogens with one attached hydrogen (secondary N) is 3. The summed E-state index contributed by atoms with van der Waals surface area (Å²) in [6.07, 6.45) is 8.96. The zero-order chi connectivity index (χ0) is 42.1. The normalized spacial score (nSPS) is 16.1. The number of hydrogen-bond donors (Lipinski definition) is 3. The number of fused-ring (bicyclic) bond motifs is 3. The first-order chi connectivity index (χ1) is 28.4. The van der Waals surface area contributed by atoms with Crippen LogP contribution in [0.4, 0.5) is 17.5 Å². The van der Waals surface area contributed by atoms with Crippen molar-refractivity contribution in [3.63, 3.8) is 0 Å². The maximum Gasteiger partial charge on any atom is 0.251 e. The second kappa shape index (κ2) is 19.8. The molecule has 314 valence electrons. The van der Waals surface area contributed by atoms with Crippen molar-refractivity contribution in [3.05, 3.63) is 82.0 Å². The molecule has 0 bridgehead atoms. The molecule has 15 heteroatoms. The van der Waals surface area contributed by atoms with Crippen molar-refractivity contribution in [2.75, 3.05) is 50.2 Å². The maximum atomic E-state index is 13.4. The van der Waals surface area contributed by atoms with Gasteiger partial charge in [0.2, 0.25) is 11.9 Å². The van der Waals surface area contributed by atoms with Crippen LogP contribution < -0.4 is 25.6 Å². The van der Waals surface area contributed by atoms with Crippen LogP contribution in [-0.2, 0) is 16.1 Å². The lowest BCUT2D eigenvalue weighted by molar-refractivity contribution is -0.127. The third-order valence-corrected chi connectivity index (χ3v) is 11.9. The Morgan fingerprint density at radius 3 is 2.53 bits per heavy atom. The Hall–Kier alpha value is -5.04. The smallest absolute Gasteiger partial charge is 0.251 e. The van der Waals surface area contributed by atoms with Gasteiger partial charge in [-0.25, -0.2) is 9.97 Å². The van der Waals surface area contributed by atoms with E-state index >= 15 is 0 Å². The molecular weight excluding hydrogens is 812 g/mol. The van der Waals surface area contributed by atoms with Gasteiger partial charge in [0.1, 0.15) is 30.4 Å². The van der Waals surface area contributed by atoms with Gasteiger partial charge in [-0.15, -0.1) is 0 Å². The summed E-state index contributed by atoms with van der Waals surface area (Å²) in [6, 6.07) is 15.8. The van der Waals surface area contributed by atoms with Crippen molar-refractivity contribution in [3.8, 4) is 17.5 Å². The molecule has 4 heterocycles. The van der Waals surface area contributed by atoms with Gasteiger partial charge in [-0.2, -0.15) is 10.2 Å². The molecule has 0 aliphatic carbocycles. The first-order valence-electron chi connectivity index (χ1n) is 20.6. The third kappa shape index (κ3) is 11.0. The highest BCUT2D eigenvalue weighted by Gasteiger charge is 2.35. The summed E-state index contributed by atoms with van der Waals surface area (Å²) in [4.78, 5) is 44.3. The van der Waals surface area contributed by atoms with Gasteiger partial charge in [-0.1, -0.05) is 55.8 Å². The zero-order valence-corrected chi connectivity index (χ0v) is 36.6. The Bertz CT molecular complexity index is 2100. The standard InChI is InChI=1S/C44H57BrN10O4/c1-7-36-40-35(24-46)48-28-55(40)37-25-47-43(52-41(37)54(36)26-30-11-14-32(45)15-12-30)51-34-16-13-31(23-38(34)58-6)42(57)50-33-17-20-53(21-18-33)19-9-8-10-22-59-27-39(56)49-29(2)44(3,4)5/h11-16,23,25,28-29,33,36H,7-10,17-22,26-27H2,1-6H3,(H,49,56)(H,50,57)(H,47,51,52). The number of ether oxygens (including phenoxy) is 2. The molecule has 2 unspecified atom stereocenters. The van der Waals surface area contributed by atoms with E-state index in [4.69, 9.17) is 14.5 Å². The Labute approximate surface area is 356 Å². The quantitative estimate of drug-likeness (QED) is 0.0904. The fourth-order valence-corrected chi connectivity index (χ4v) is 7.71. The fraction of sp³-hybridized carbons (Fsp3) is 0.500. The van der Waals surface area contributed by atoms with Crippen LogP contribution in [0.25, 0.3) is 5.69 Å². The maximum absolute atomic E-state index is 13.4. The van der Waals surface area contributed by atoms with Crippen LogP contribution >= 0.6 is 15.9 Å². The van der Waals surface area contributed by atoms with Crippen molar-refractivity contribution < 1.29 is 19.1 Å². The minimum absolute atomic E-state index is 0.0161. The van der Waals surface area contributed by atoms with Crippen LogP contribution in [-0.4, -0.2) is 88.3 Å². The highest BCUT2D eigenvalue weighted by atomic mass is 79.9. The van der Waals surface area contributed by atoms with Crippen LogP contribution in [0.3, 0.4) is 0 Å². The molecule has 1 fully saturated rings. The number of anilines is 3. The Balaban J connectivity index is 1.01. The minimum atomic E-state index is -0.142. The van der Waals surface area contributed by atoms with E-state index < -0.39 is 0 Å². The predicted molar refractivity (Wildman–Crippen MR) is 232 cm³/mol. The number of carbonyl (C=O) groups excluding carboxylic acids is 2. The van der Waals surface area contributed by atoms with Crippen LogP contribution in [0.15, 0.2) is 59.5 Å². The number of piperidine rings is 1. The van der Waals surface area contributed by atoms with E-state index in [9.17, 15) is 14.9 Å². The second-order valence-electron chi connectivity index (χ2n) is 16.4. The Morgan fingerprint density at radius 1 is 1.07 bits per heavy atom. The SMILES string of the molecule is CCC1c2c(C#N)ncn2-c2cnc(Nc3ccc(C(=O)NC4CCN(CCCCCOCC(=O)NC(C)C(C)(C)C)CC4)cc3OC)nc2N1Cc1ccc(Br)cc1. The first kappa shape index (κ1) is 43.5. The van der Waals surface area contributed by atoms with Gasteiger partial charge in [0.25, 0.3) is 5.91 Å².